The smallest absolute Gasteiger partial charge is 0.167 e. The van der Waals surface area contributed by atoms with Gasteiger partial charge in [0.25, 0.3) is 0 Å². The second kappa shape index (κ2) is 9.50. The van der Waals surface area contributed by atoms with Crippen LogP contribution in [-0.4, -0.2) is 6.18 Å². The van der Waals surface area contributed by atoms with Crippen molar-refractivity contribution in [3.8, 4) is 0 Å². The third-order valence-corrected chi connectivity index (χ3v) is 2.09. The van der Waals surface area contributed by atoms with Crippen LogP contribution in [0.25, 0.3) is 5.57 Å². The normalized spacial score (nSPS) is 10.6. The lowest BCUT2D eigenvalue weighted by atomic mass is 10.0. The molecule has 0 N–H and O–H groups in total. The highest BCUT2D eigenvalue weighted by molar-refractivity contribution is 5.63. The monoisotopic (exact) mass is 314 g/mol. The van der Waals surface area contributed by atoms with Crippen molar-refractivity contribution in [1.82, 2.24) is 0 Å². The third kappa shape index (κ3) is 14.9. The summed E-state index contributed by atoms with van der Waals surface area (Å²) in [6, 6.07) is 8.28. The molecule has 0 aliphatic rings. The fourth-order valence-electron chi connectivity index (χ4n) is 1.05. The Morgan fingerprint density at radius 3 is 1.41 bits per heavy atom. The molecule has 1 aromatic rings. The lowest BCUT2D eigenvalue weighted by Gasteiger charge is -2.05. The Morgan fingerprint density at radius 2 is 1.23 bits per heavy atom. The topological polar surface area (TPSA) is 0 Å². The van der Waals surface area contributed by atoms with E-state index >= 15 is 0 Å². The maximum Gasteiger partial charge on any atom is 0.411 e. The van der Waals surface area contributed by atoms with Crippen molar-refractivity contribution in [2.45, 2.75) is 54.6 Å². The van der Waals surface area contributed by atoms with Gasteiger partial charge >= 0.3 is 6.18 Å². The average molecular weight is 314 g/mol. The molecule has 0 radical (unpaired) electrons. The van der Waals surface area contributed by atoms with Gasteiger partial charge in [-0.25, -0.2) is 0 Å². The predicted molar refractivity (Wildman–Crippen MR) is 91.9 cm³/mol. The number of halogens is 3. The van der Waals surface area contributed by atoms with Crippen molar-refractivity contribution < 1.29 is 13.2 Å². The maximum absolute atomic E-state index is 11.1. The molecule has 3 heteroatoms. The summed E-state index contributed by atoms with van der Waals surface area (Å²) in [6.45, 7) is 20.4. The van der Waals surface area contributed by atoms with Gasteiger partial charge in [0.15, 0.2) is 0 Å². The Labute approximate surface area is 133 Å². The number of hydrogen-bond acceptors (Lipinski definition) is 0. The van der Waals surface area contributed by atoms with E-state index in [0.29, 0.717) is 5.41 Å². The van der Waals surface area contributed by atoms with Gasteiger partial charge in [-0.15, -0.1) is 0 Å². The van der Waals surface area contributed by atoms with Crippen LogP contribution in [0.15, 0.2) is 43.0 Å². The highest BCUT2D eigenvalue weighted by Gasteiger charge is 2.27. The van der Waals surface area contributed by atoms with Gasteiger partial charge in [0.05, 0.1) is 0 Å². The fraction of sp³-hybridized carbons (Fsp3) is 0.474. The number of hydrogen-bond donors (Lipinski definition) is 0. The summed E-state index contributed by atoms with van der Waals surface area (Å²) < 4.78 is 33.2. The molecular weight excluding hydrogens is 285 g/mol. The molecular formula is C19H29F3. The molecule has 0 saturated carbocycles. The van der Waals surface area contributed by atoms with E-state index in [1.54, 1.807) is 0 Å². The summed E-state index contributed by atoms with van der Waals surface area (Å²) in [6.07, 6.45) is -4.19. The highest BCUT2D eigenvalue weighted by atomic mass is 19.4. The molecule has 0 fully saturated rings. The lowest BCUT2D eigenvalue weighted by Crippen LogP contribution is -2.06. The second-order valence-electron chi connectivity index (χ2n) is 6.87. The van der Waals surface area contributed by atoms with Crippen LogP contribution >= 0.6 is 0 Å². The van der Waals surface area contributed by atoms with E-state index in [0.717, 1.165) is 12.5 Å². The molecule has 0 saturated heterocycles. The molecule has 0 nitrogen and oxygen atoms in total. The quantitative estimate of drug-likeness (QED) is 0.480. The van der Waals surface area contributed by atoms with Gasteiger partial charge in [-0.1, -0.05) is 70.7 Å². The average Bonchev–Trinajstić information content (AvgIpc) is 2.26. The molecule has 0 heterocycles. The molecule has 0 aromatic heterocycles. The summed E-state index contributed by atoms with van der Waals surface area (Å²) in [5.74, 6) is 0. The fourth-order valence-corrected chi connectivity index (χ4v) is 1.05. The summed E-state index contributed by atoms with van der Waals surface area (Å²) in [4.78, 5) is 0. The van der Waals surface area contributed by atoms with Crippen molar-refractivity contribution in [2.24, 2.45) is 5.41 Å². The standard InChI is InChI=1S/C10H12.C5H12.C4H5F3/c1-8(2)10-7-5-4-6-9(10)3;1-5(2,3)4;1-3(2)4(5,6)7/h4-7H,1H2,2-3H3;1-4H3;1H2,2H3. The van der Waals surface area contributed by atoms with Crippen LogP contribution in [0.5, 0.6) is 0 Å². The van der Waals surface area contributed by atoms with Gasteiger partial charge in [0.1, 0.15) is 0 Å². The van der Waals surface area contributed by atoms with E-state index < -0.39 is 11.7 Å². The Balaban J connectivity index is 0. The number of alkyl halides is 3. The zero-order chi connectivity index (χ0) is 18.1. The Morgan fingerprint density at radius 1 is 0.909 bits per heavy atom. The Bertz CT molecular complexity index is 468. The van der Waals surface area contributed by atoms with Crippen molar-refractivity contribution in [3.63, 3.8) is 0 Å². The minimum atomic E-state index is -4.19. The molecule has 0 bridgehead atoms. The van der Waals surface area contributed by atoms with Crippen LogP contribution in [-0.2, 0) is 0 Å². The van der Waals surface area contributed by atoms with Gasteiger partial charge in [0.2, 0.25) is 0 Å². The number of aryl methyl sites for hydroxylation is 1. The summed E-state index contributed by atoms with van der Waals surface area (Å²) in [5, 5.41) is 0. The predicted octanol–water partition coefficient (Wildman–Crippen LogP) is 7.21. The third-order valence-electron chi connectivity index (χ3n) is 2.09. The molecule has 1 aromatic carbocycles. The zero-order valence-electron chi connectivity index (χ0n) is 14.9. The summed E-state index contributed by atoms with van der Waals surface area (Å²) >= 11 is 0. The number of allylic oxidation sites excluding steroid dienone is 2. The molecule has 1 rings (SSSR count). The van der Waals surface area contributed by atoms with E-state index in [2.05, 4.69) is 59.9 Å². The van der Waals surface area contributed by atoms with E-state index in [-0.39, 0.29) is 0 Å². The molecule has 0 aliphatic carbocycles. The molecule has 0 aliphatic heterocycles. The molecule has 126 valence electrons. The summed E-state index contributed by atoms with van der Waals surface area (Å²) in [5.41, 5.74) is 3.45. The second-order valence-corrected chi connectivity index (χ2v) is 6.87. The van der Waals surface area contributed by atoms with E-state index in [9.17, 15) is 13.2 Å². The van der Waals surface area contributed by atoms with E-state index in [1.165, 1.54) is 11.1 Å². The van der Waals surface area contributed by atoms with Crippen LogP contribution in [0, 0.1) is 12.3 Å². The van der Waals surface area contributed by atoms with Gasteiger partial charge in [-0.05, 0) is 37.3 Å². The van der Waals surface area contributed by atoms with Gasteiger partial charge in [-0.2, -0.15) is 13.2 Å². The van der Waals surface area contributed by atoms with E-state index in [4.69, 9.17) is 0 Å². The minimum Gasteiger partial charge on any atom is -0.167 e. The SMILES string of the molecule is C=C(C)C(F)(F)F.C=C(C)c1ccccc1C.CC(C)(C)C. The van der Waals surface area contributed by atoms with Crippen LogP contribution in [0.2, 0.25) is 0 Å². The van der Waals surface area contributed by atoms with Crippen LogP contribution in [0.3, 0.4) is 0 Å². The van der Waals surface area contributed by atoms with Gasteiger partial charge in [-0.3, -0.25) is 0 Å². The first-order chi connectivity index (χ1) is 9.66. The van der Waals surface area contributed by atoms with Crippen molar-refractivity contribution in [2.75, 3.05) is 0 Å². The van der Waals surface area contributed by atoms with Crippen molar-refractivity contribution >= 4 is 5.57 Å². The highest BCUT2D eigenvalue weighted by Crippen LogP contribution is 2.22. The number of benzene rings is 1. The lowest BCUT2D eigenvalue weighted by molar-refractivity contribution is -0.0909. The largest absolute Gasteiger partial charge is 0.411 e. The van der Waals surface area contributed by atoms with Crippen LogP contribution in [0.4, 0.5) is 13.2 Å². The van der Waals surface area contributed by atoms with Crippen molar-refractivity contribution in [1.29, 1.82) is 0 Å². The minimum absolute atomic E-state index is 0.500. The molecule has 22 heavy (non-hydrogen) atoms. The Kier molecular flexibility index (Phi) is 9.83. The van der Waals surface area contributed by atoms with E-state index in [1.807, 2.05) is 19.1 Å². The first-order valence-corrected chi connectivity index (χ1v) is 7.10. The Hall–Kier alpha value is -1.51. The molecule has 0 unspecified atom stereocenters. The first kappa shape index (κ1) is 22.8. The first-order valence-electron chi connectivity index (χ1n) is 7.10. The van der Waals surface area contributed by atoms with Crippen molar-refractivity contribution in [3.05, 3.63) is 54.1 Å². The number of rotatable bonds is 1. The molecule has 0 atom stereocenters. The van der Waals surface area contributed by atoms with Crippen LogP contribution in [0.1, 0.15) is 52.7 Å². The summed E-state index contributed by atoms with van der Waals surface area (Å²) in [7, 11) is 0. The molecule has 0 amide bonds. The molecule has 0 spiro atoms. The van der Waals surface area contributed by atoms with Crippen LogP contribution < -0.4 is 0 Å². The zero-order valence-corrected chi connectivity index (χ0v) is 14.9. The maximum atomic E-state index is 11.1. The van der Waals surface area contributed by atoms with Gasteiger partial charge < -0.3 is 0 Å². The van der Waals surface area contributed by atoms with Gasteiger partial charge in [0, 0.05) is 5.57 Å².